The summed E-state index contributed by atoms with van der Waals surface area (Å²) in [5.41, 5.74) is 2.55. The van der Waals surface area contributed by atoms with Crippen molar-refractivity contribution < 1.29 is 50.5 Å². The molecule has 0 aromatic carbocycles. The molecule has 0 bridgehead atoms. The monoisotopic (exact) mass is 769 g/mol. The number of rotatable bonds is 37. The van der Waals surface area contributed by atoms with Crippen LogP contribution in [0.25, 0.3) is 0 Å². The van der Waals surface area contributed by atoms with Crippen molar-refractivity contribution in [1.29, 1.82) is 0 Å². The van der Waals surface area contributed by atoms with E-state index in [0.717, 1.165) is 38.2 Å². The van der Waals surface area contributed by atoms with Crippen molar-refractivity contribution in [1.82, 2.24) is 10.2 Å². The summed E-state index contributed by atoms with van der Waals surface area (Å²) in [6.45, 7) is 11.0. The first-order chi connectivity index (χ1) is 25.6. The number of carbonyl (C=O) groups is 4. The molecule has 2 atom stereocenters. The Morgan fingerprint density at radius 3 is 1.93 bits per heavy atom. The van der Waals surface area contributed by atoms with Gasteiger partial charge in [0.25, 0.3) is 0 Å². The summed E-state index contributed by atoms with van der Waals surface area (Å²) in [5.74, 6) is -2.09. The van der Waals surface area contributed by atoms with Gasteiger partial charge in [0, 0.05) is 34.0 Å². The topological polar surface area (TPSA) is 183 Å². The van der Waals surface area contributed by atoms with Gasteiger partial charge in [0.1, 0.15) is 18.8 Å². The highest BCUT2D eigenvalue weighted by Crippen LogP contribution is 2.19. The summed E-state index contributed by atoms with van der Waals surface area (Å²) in [4.78, 5) is 49.5. The van der Waals surface area contributed by atoms with Gasteiger partial charge in [-0.3, -0.25) is 24.1 Å². The second-order valence-corrected chi connectivity index (χ2v) is 13.8. The Balaban J connectivity index is -0.0000135. The molecule has 5 N–H and O–H groups in total. The maximum Gasteiger partial charge on any atom is 0.317 e. The van der Waals surface area contributed by atoms with Gasteiger partial charge >= 0.3 is 17.9 Å². The lowest BCUT2D eigenvalue weighted by Crippen LogP contribution is -2.44. The maximum absolute atomic E-state index is 12.6. The molecule has 0 aromatic heterocycles. The molecule has 12 nitrogen and oxygen atoms in total. The number of hydrogen-bond donors (Lipinski definition) is 3. The van der Waals surface area contributed by atoms with E-state index in [1.807, 2.05) is 6.92 Å². The van der Waals surface area contributed by atoms with Gasteiger partial charge in [-0.1, -0.05) is 96.9 Å². The summed E-state index contributed by atoms with van der Waals surface area (Å²) in [5, 5.41) is 22.2. The molecule has 0 radical (unpaired) electrons. The molecule has 0 spiro atoms. The molecule has 1 unspecified atom stereocenters. The minimum absolute atomic E-state index is 0. The van der Waals surface area contributed by atoms with E-state index in [9.17, 15) is 29.4 Å². The van der Waals surface area contributed by atoms with Gasteiger partial charge in [0.05, 0.1) is 31.8 Å². The lowest BCUT2D eigenvalue weighted by Gasteiger charge is -2.30. The van der Waals surface area contributed by atoms with Crippen LogP contribution in [0, 0.1) is 0 Å². The van der Waals surface area contributed by atoms with Crippen LogP contribution in [-0.2, 0) is 33.4 Å². The number of carboxylic acids is 1. The van der Waals surface area contributed by atoms with Gasteiger partial charge in [-0.2, -0.15) is 0 Å². The van der Waals surface area contributed by atoms with Gasteiger partial charge in [0.2, 0.25) is 0 Å². The molecule has 0 fully saturated rings. The quantitative estimate of drug-likeness (QED) is 0.0194. The van der Waals surface area contributed by atoms with E-state index in [1.54, 1.807) is 0 Å². The molecule has 0 amide bonds. The zero-order valence-electron chi connectivity index (χ0n) is 33.8. The average molecular weight is 769 g/mol. The van der Waals surface area contributed by atoms with Gasteiger partial charge in [-0.05, 0) is 57.4 Å². The van der Waals surface area contributed by atoms with Gasteiger partial charge < -0.3 is 35.2 Å². The minimum atomic E-state index is -1.08. The summed E-state index contributed by atoms with van der Waals surface area (Å²) in [7, 11) is 1.52. The highest BCUT2D eigenvalue weighted by molar-refractivity contribution is 5.91. The first-order valence-electron chi connectivity index (χ1n) is 20.0. The van der Waals surface area contributed by atoms with Crippen LogP contribution >= 0.6 is 0 Å². The summed E-state index contributed by atoms with van der Waals surface area (Å²) in [6.07, 6.45) is 24.5. The minimum Gasteiger partial charge on any atom is -0.480 e. The molecule has 12 heteroatoms. The zero-order valence-corrected chi connectivity index (χ0v) is 33.8. The van der Waals surface area contributed by atoms with Gasteiger partial charge in [-0.15, -0.1) is 5.73 Å². The van der Waals surface area contributed by atoms with Crippen molar-refractivity contribution in [3.63, 3.8) is 0 Å². The Bertz CT molecular complexity index is 1110. The van der Waals surface area contributed by atoms with Crippen LogP contribution in [0.5, 0.6) is 0 Å². The molecule has 0 aliphatic rings. The van der Waals surface area contributed by atoms with E-state index in [-0.39, 0.29) is 58.0 Å². The number of ether oxygens (including phenoxy) is 3. The van der Waals surface area contributed by atoms with Crippen molar-refractivity contribution in [2.75, 3.05) is 46.6 Å². The number of allylic oxidation sites excluding steroid dienone is 3. The summed E-state index contributed by atoms with van der Waals surface area (Å²) < 4.78 is 16.7. The van der Waals surface area contributed by atoms with Gasteiger partial charge in [0.15, 0.2) is 5.78 Å². The third-order valence-corrected chi connectivity index (χ3v) is 9.46. The molecule has 314 valence electrons. The first kappa shape index (κ1) is 52.8. The molecule has 0 rings (SSSR count). The highest BCUT2D eigenvalue weighted by atomic mass is 16.6. The SMILES string of the molecule is C=C=C(CCC(=O)OC[C@@](CC)(COC(=O)CCCCCCC/C=C\CCCCCCCC)OC)NCCCCC(CO)N(CC(=O)O)CC(=O)C=C.O.[HH]. The number of hydrogen-bond acceptors (Lipinski definition) is 10. The number of aliphatic hydroxyl groups excluding tert-OH is 1. The normalized spacial score (nSPS) is 12.7. The molecule has 54 heavy (non-hydrogen) atoms. The van der Waals surface area contributed by atoms with Crippen LogP contribution in [0.2, 0.25) is 0 Å². The fourth-order valence-electron chi connectivity index (χ4n) is 5.77. The number of aliphatic hydroxyl groups is 1. The number of unbranched alkanes of at least 4 members (excludes halogenated alkanes) is 12. The largest absolute Gasteiger partial charge is 0.480 e. The van der Waals surface area contributed by atoms with Gasteiger partial charge in [-0.25, -0.2) is 0 Å². The van der Waals surface area contributed by atoms with E-state index < -0.39 is 23.6 Å². The molecule has 0 heterocycles. The number of nitrogens with zero attached hydrogens (tertiary/aromatic N) is 1. The molecule has 0 aliphatic carbocycles. The molecular formula is C42H76N2O10. The second kappa shape index (κ2) is 35.4. The maximum atomic E-state index is 12.6. The second-order valence-electron chi connectivity index (χ2n) is 13.8. The fraction of sp³-hybridized carbons (Fsp3) is 0.738. The lowest BCUT2D eigenvalue weighted by molar-refractivity contribution is -0.167. The van der Waals surface area contributed by atoms with Crippen LogP contribution in [0.15, 0.2) is 42.8 Å². The van der Waals surface area contributed by atoms with E-state index >= 15 is 0 Å². The molecule has 0 saturated carbocycles. The summed E-state index contributed by atoms with van der Waals surface area (Å²) >= 11 is 0. The number of ketones is 1. The van der Waals surface area contributed by atoms with Crippen molar-refractivity contribution in [3.05, 3.63) is 42.8 Å². The third kappa shape index (κ3) is 28.2. The lowest BCUT2D eigenvalue weighted by atomic mass is 10.0. The third-order valence-electron chi connectivity index (χ3n) is 9.46. The van der Waals surface area contributed by atoms with E-state index in [0.29, 0.717) is 50.8 Å². The Hall–Kier alpha value is -3.28. The van der Waals surface area contributed by atoms with E-state index in [1.165, 1.54) is 63.4 Å². The molecule has 0 aromatic rings. The average Bonchev–Trinajstić information content (AvgIpc) is 3.15. The molecule has 0 saturated heterocycles. The smallest absolute Gasteiger partial charge is 0.317 e. The summed E-state index contributed by atoms with van der Waals surface area (Å²) in [6, 6.07) is -0.470. The molecule has 0 aliphatic heterocycles. The van der Waals surface area contributed by atoms with Crippen molar-refractivity contribution in [2.24, 2.45) is 0 Å². The van der Waals surface area contributed by atoms with Crippen LogP contribution in [-0.4, -0.2) is 102 Å². The van der Waals surface area contributed by atoms with Crippen LogP contribution in [0.4, 0.5) is 0 Å². The number of carboxylic acid groups (broad SMARTS) is 1. The Kier molecular flexibility index (Phi) is 34.7. The van der Waals surface area contributed by atoms with E-state index in [4.69, 9.17) is 14.2 Å². The number of carbonyl (C=O) groups excluding carboxylic acids is 3. The zero-order chi connectivity index (χ0) is 39.6. The Morgan fingerprint density at radius 2 is 1.41 bits per heavy atom. The van der Waals surface area contributed by atoms with Crippen LogP contribution in [0.3, 0.4) is 0 Å². The fourth-order valence-corrected chi connectivity index (χ4v) is 5.77. The first-order valence-corrected chi connectivity index (χ1v) is 20.0. The highest BCUT2D eigenvalue weighted by Gasteiger charge is 2.32. The van der Waals surface area contributed by atoms with E-state index in [2.05, 4.69) is 43.3 Å². The standard InChI is InChI=1S/C42H72N2O9.H2O.H2/c1-6-10-11-12-13-14-15-16-17-18-19-20-21-22-23-27-40(49)52-34-42(9-4,51-5)35-53-41(50)29-28-36(7-2)43-30-25-24-26-37(33-45)44(32-39(47)48)31-38(46)8-3;;/h8,16-17,37,43,45H,2-3,6,9-15,18-35H2,1,4-5H3,(H,47,48);1H2;1H/b17-16-;;/t37?,42-;;/m1../s1. The number of esters is 2. The van der Waals surface area contributed by atoms with Crippen molar-refractivity contribution in [2.45, 2.75) is 154 Å². The Labute approximate surface area is 327 Å². The number of nitrogens with one attached hydrogen (secondary N) is 1. The van der Waals surface area contributed by atoms with Crippen molar-refractivity contribution in [3.8, 4) is 0 Å². The predicted octanol–water partition coefficient (Wildman–Crippen LogP) is 7.04. The van der Waals surface area contributed by atoms with Crippen LogP contribution < -0.4 is 5.32 Å². The number of aliphatic carboxylic acids is 1. The Morgan fingerprint density at radius 1 is 0.833 bits per heavy atom. The number of methoxy groups -OCH3 is 1. The van der Waals surface area contributed by atoms with Crippen LogP contribution in [0.1, 0.15) is 144 Å². The van der Waals surface area contributed by atoms with Crippen molar-refractivity contribution >= 4 is 23.7 Å². The molecular weight excluding hydrogens is 692 g/mol. The predicted molar refractivity (Wildman–Crippen MR) is 216 cm³/mol.